The molecule has 1 amide bonds. The average Bonchev–Trinajstić information content (AvgIpc) is 3.07. The van der Waals surface area contributed by atoms with Crippen molar-refractivity contribution in [2.75, 3.05) is 20.6 Å². The van der Waals surface area contributed by atoms with Crippen LogP contribution in [-0.2, 0) is 16.4 Å². The van der Waals surface area contributed by atoms with E-state index in [-0.39, 0.29) is 21.4 Å². The summed E-state index contributed by atoms with van der Waals surface area (Å²) in [6.45, 7) is 4.31. The Kier molecular flexibility index (Phi) is 6.96. The standard InChI is InChI=1S/C17H23ClN4O4S/c1-11(2)16-20-15(26-21-16)6-5-9-19-17(23)13-10-12(7-8-14(13)18)27(24,25)22(3)4/h7-8,10-11H,5-6,9H2,1-4H3,(H,19,23). The van der Waals surface area contributed by atoms with Crippen LogP contribution in [0.2, 0.25) is 5.02 Å². The molecule has 0 aliphatic rings. The molecule has 0 spiro atoms. The summed E-state index contributed by atoms with van der Waals surface area (Å²) in [5.74, 6) is 0.920. The first-order chi connectivity index (χ1) is 12.6. The molecule has 0 fully saturated rings. The van der Waals surface area contributed by atoms with Gasteiger partial charge in [-0.15, -0.1) is 0 Å². The maximum absolute atomic E-state index is 12.4. The van der Waals surface area contributed by atoms with Gasteiger partial charge in [-0.1, -0.05) is 30.6 Å². The van der Waals surface area contributed by atoms with Crippen molar-refractivity contribution >= 4 is 27.5 Å². The minimum absolute atomic E-state index is 0.00845. The van der Waals surface area contributed by atoms with Crippen LogP contribution < -0.4 is 5.32 Å². The van der Waals surface area contributed by atoms with Gasteiger partial charge in [-0.25, -0.2) is 12.7 Å². The molecule has 0 saturated heterocycles. The maximum atomic E-state index is 12.4. The number of hydrogen-bond acceptors (Lipinski definition) is 6. The second kappa shape index (κ2) is 8.81. The van der Waals surface area contributed by atoms with Crippen LogP contribution in [0.15, 0.2) is 27.6 Å². The number of aryl methyl sites for hydroxylation is 1. The third-order valence-corrected chi connectivity index (χ3v) is 5.95. The lowest BCUT2D eigenvalue weighted by atomic mass is 10.2. The third-order valence-electron chi connectivity index (χ3n) is 3.81. The normalized spacial score (nSPS) is 12.0. The van der Waals surface area contributed by atoms with Crippen molar-refractivity contribution in [1.29, 1.82) is 0 Å². The molecule has 0 bridgehead atoms. The molecular formula is C17H23ClN4O4S. The highest BCUT2D eigenvalue weighted by Gasteiger charge is 2.20. The lowest BCUT2D eigenvalue weighted by Gasteiger charge is -2.13. The fourth-order valence-corrected chi connectivity index (χ4v) is 3.32. The summed E-state index contributed by atoms with van der Waals surface area (Å²) in [4.78, 5) is 16.6. The van der Waals surface area contributed by atoms with E-state index in [0.29, 0.717) is 31.1 Å². The number of benzene rings is 1. The number of aromatic nitrogens is 2. The topological polar surface area (TPSA) is 105 Å². The number of halogens is 1. The first-order valence-corrected chi connectivity index (χ1v) is 10.3. The van der Waals surface area contributed by atoms with Crippen molar-refractivity contribution < 1.29 is 17.7 Å². The van der Waals surface area contributed by atoms with E-state index in [9.17, 15) is 13.2 Å². The zero-order valence-electron chi connectivity index (χ0n) is 15.7. The summed E-state index contributed by atoms with van der Waals surface area (Å²) >= 11 is 6.06. The lowest BCUT2D eigenvalue weighted by molar-refractivity contribution is 0.0953. The van der Waals surface area contributed by atoms with E-state index < -0.39 is 15.9 Å². The van der Waals surface area contributed by atoms with Gasteiger partial charge in [0.15, 0.2) is 5.82 Å². The molecule has 8 nitrogen and oxygen atoms in total. The predicted octanol–water partition coefficient (Wildman–Crippen LogP) is 2.46. The van der Waals surface area contributed by atoms with Crippen molar-refractivity contribution in [1.82, 2.24) is 19.8 Å². The Bertz CT molecular complexity index is 909. The molecule has 0 aliphatic heterocycles. The van der Waals surface area contributed by atoms with Crippen LogP contribution in [0.4, 0.5) is 0 Å². The molecule has 2 aromatic rings. The van der Waals surface area contributed by atoms with Crippen molar-refractivity contribution in [3.05, 3.63) is 40.5 Å². The number of sulfonamides is 1. The summed E-state index contributed by atoms with van der Waals surface area (Å²) in [5.41, 5.74) is 0.111. The minimum Gasteiger partial charge on any atom is -0.352 e. The molecule has 1 heterocycles. The fraction of sp³-hybridized carbons (Fsp3) is 0.471. The van der Waals surface area contributed by atoms with Crippen LogP contribution in [0.3, 0.4) is 0 Å². The van der Waals surface area contributed by atoms with Crippen molar-refractivity contribution in [3.8, 4) is 0 Å². The SMILES string of the molecule is CC(C)c1noc(CCCNC(=O)c2cc(S(=O)(=O)N(C)C)ccc2Cl)n1. The highest BCUT2D eigenvalue weighted by molar-refractivity contribution is 7.89. The molecule has 1 aromatic heterocycles. The Balaban J connectivity index is 1.97. The van der Waals surface area contributed by atoms with Gasteiger partial charge in [0.25, 0.3) is 5.91 Å². The molecule has 0 atom stereocenters. The Morgan fingerprint density at radius 1 is 1.33 bits per heavy atom. The largest absolute Gasteiger partial charge is 0.352 e. The summed E-state index contributed by atoms with van der Waals surface area (Å²) in [6.07, 6.45) is 1.13. The summed E-state index contributed by atoms with van der Waals surface area (Å²) in [7, 11) is -0.804. The van der Waals surface area contributed by atoms with E-state index in [2.05, 4.69) is 15.5 Å². The summed E-state index contributed by atoms with van der Waals surface area (Å²) < 4.78 is 30.6. The number of carbonyl (C=O) groups excluding carboxylic acids is 1. The monoisotopic (exact) mass is 414 g/mol. The van der Waals surface area contributed by atoms with E-state index in [1.165, 1.54) is 32.3 Å². The van der Waals surface area contributed by atoms with E-state index in [4.69, 9.17) is 16.1 Å². The van der Waals surface area contributed by atoms with Gasteiger partial charge in [0.1, 0.15) is 0 Å². The van der Waals surface area contributed by atoms with Crippen molar-refractivity contribution in [3.63, 3.8) is 0 Å². The Morgan fingerprint density at radius 3 is 2.63 bits per heavy atom. The minimum atomic E-state index is -3.65. The third kappa shape index (κ3) is 5.27. The Hall–Kier alpha value is -1.97. The van der Waals surface area contributed by atoms with E-state index in [1.807, 2.05) is 13.8 Å². The maximum Gasteiger partial charge on any atom is 0.252 e. The Morgan fingerprint density at radius 2 is 2.04 bits per heavy atom. The van der Waals surface area contributed by atoms with Gasteiger partial charge in [0, 0.05) is 33.0 Å². The first kappa shape index (κ1) is 21.3. The molecule has 0 unspecified atom stereocenters. The van der Waals surface area contributed by atoms with Gasteiger partial charge in [-0.3, -0.25) is 4.79 Å². The molecule has 1 N–H and O–H groups in total. The van der Waals surface area contributed by atoms with Crippen LogP contribution in [-0.4, -0.2) is 49.4 Å². The Labute approximate surface area is 163 Å². The van der Waals surface area contributed by atoms with Gasteiger partial charge in [-0.05, 0) is 24.6 Å². The molecular weight excluding hydrogens is 392 g/mol. The van der Waals surface area contributed by atoms with E-state index in [1.54, 1.807) is 0 Å². The molecule has 2 rings (SSSR count). The summed E-state index contributed by atoms with van der Waals surface area (Å²) in [6, 6.07) is 4.05. The zero-order valence-corrected chi connectivity index (χ0v) is 17.3. The fourth-order valence-electron chi connectivity index (χ4n) is 2.19. The quantitative estimate of drug-likeness (QED) is 0.665. The highest BCUT2D eigenvalue weighted by atomic mass is 35.5. The van der Waals surface area contributed by atoms with Gasteiger partial charge in [0.05, 0.1) is 15.5 Å². The first-order valence-electron chi connectivity index (χ1n) is 8.45. The van der Waals surface area contributed by atoms with Crippen molar-refractivity contribution in [2.45, 2.75) is 37.5 Å². The molecule has 27 heavy (non-hydrogen) atoms. The van der Waals surface area contributed by atoms with Gasteiger partial charge < -0.3 is 9.84 Å². The van der Waals surface area contributed by atoms with E-state index in [0.717, 1.165) is 4.31 Å². The van der Waals surface area contributed by atoms with Gasteiger partial charge >= 0.3 is 0 Å². The second-order valence-corrected chi connectivity index (χ2v) is 9.05. The molecule has 10 heteroatoms. The van der Waals surface area contributed by atoms with Gasteiger partial charge in [0.2, 0.25) is 15.9 Å². The highest BCUT2D eigenvalue weighted by Crippen LogP contribution is 2.22. The predicted molar refractivity (Wildman–Crippen MR) is 101 cm³/mol. The van der Waals surface area contributed by atoms with Crippen molar-refractivity contribution in [2.24, 2.45) is 0 Å². The second-order valence-electron chi connectivity index (χ2n) is 6.49. The van der Waals surface area contributed by atoms with Crippen LogP contribution in [0.5, 0.6) is 0 Å². The molecule has 1 aromatic carbocycles. The number of nitrogens with one attached hydrogen (secondary N) is 1. The lowest BCUT2D eigenvalue weighted by Crippen LogP contribution is -2.26. The molecule has 148 valence electrons. The zero-order chi connectivity index (χ0) is 20.2. The number of hydrogen-bond donors (Lipinski definition) is 1. The molecule has 0 radical (unpaired) electrons. The summed E-state index contributed by atoms with van der Waals surface area (Å²) in [5, 5.41) is 6.79. The van der Waals surface area contributed by atoms with Crippen LogP contribution in [0, 0.1) is 0 Å². The average molecular weight is 415 g/mol. The van der Waals surface area contributed by atoms with Crippen LogP contribution >= 0.6 is 11.6 Å². The number of carbonyl (C=O) groups is 1. The van der Waals surface area contributed by atoms with Crippen LogP contribution in [0.1, 0.15) is 48.3 Å². The number of nitrogens with zero attached hydrogens (tertiary/aromatic N) is 3. The van der Waals surface area contributed by atoms with E-state index >= 15 is 0 Å². The molecule has 0 aliphatic carbocycles. The smallest absolute Gasteiger partial charge is 0.252 e. The van der Waals surface area contributed by atoms with Crippen LogP contribution in [0.25, 0.3) is 0 Å². The number of amides is 1. The number of rotatable bonds is 8. The van der Waals surface area contributed by atoms with Gasteiger partial charge in [-0.2, -0.15) is 4.98 Å². The molecule has 0 saturated carbocycles.